The molecule has 2 atom stereocenters. The highest BCUT2D eigenvalue weighted by Gasteiger charge is 2.29. The Balaban J connectivity index is 1.51. The van der Waals surface area contributed by atoms with Crippen LogP contribution < -0.4 is 10.1 Å². The second kappa shape index (κ2) is 10.3. The maximum atomic E-state index is 13.3. The van der Waals surface area contributed by atoms with Crippen molar-refractivity contribution < 1.29 is 14.3 Å². The third kappa shape index (κ3) is 5.16. The first-order valence-corrected chi connectivity index (χ1v) is 12.3. The Bertz CT molecular complexity index is 1140. The molecule has 8 heteroatoms. The van der Waals surface area contributed by atoms with Gasteiger partial charge in [0, 0.05) is 12.1 Å². The first kappa shape index (κ1) is 23.2. The number of piperidine rings is 1. The van der Waals surface area contributed by atoms with Gasteiger partial charge in [-0.15, -0.1) is 0 Å². The lowest BCUT2D eigenvalue weighted by atomic mass is 9.97. The van der Waals surface area contributed by atoms with Crippen LogP contribution in [0.5, 0.6) is 5.75 Å². The first-order valence-electron chi connectivity index (χ1n) is 11.3. The molecule has 0 aliphatic carbocycles. The van der Waals surface area contributed by atoms with Gasteiger partial charge in [-0.1, -0.05) is 36.0 Å². The fourth-order valence-electron chi connectivity index (χ4n) is 4.51. The molecule has 4 rings (SSSR count). The zero-order valence-corrected chi connectivity index (χ0v) is 20.1. The minimum absolute atomic E-state index is 0.0955. The van der Waals surface area contributed by atoms with Crippen molar-refractivity contribution >= 4 is 40.3 Å². The average molecular weight is 467 g/mol. The monoisotopic (exact) mass is 466 g/mol. The van der Waals surface area contributed by atoms with Crippen LogP contribution in [0.4, 0.5) is 5.69 Å². The Hall–Kier alpha value is -3.00. The van der Waals surface area contributed by atoms with Crippen LogP contribution in [0.15, 0.2) is 53.7 Å². The highest BCUT2D eigenvalue weighted by molar-refractivity contribution is 7.99. The van der Waals surface area contributed by atoms with Crippen molar-refractivity contribution in [2.45, 2.75) is 56.9 Å². The van der Waals surface area contributed by atoms with Gasteiger partial charge in [-0.25, -0.2) is 4.98 Å². The van der Waals surface area contributed by atoms with Crippen molar-refractivity contribution in [3.8, 4) is 5.75 Å². The molecule has 2 aromatic carbocycles. The smallest absolute Gasteiger partial charge is 0.243 e. The second-order valence-electron chi connectivity index (χ2n) is 8.44. The minimum Gasteiger partial charge on any atom is -0.495 e. The molecule has 1 aliphatic rings. The van der Waals surface area contributed by atoms with E-state index in [1.54, 1.807) is 19.2 Å². The van der Waals surface area contributed by atoms with Gasteiger partial charge in [0.05, 0.1) is 29.6 Å². The molecule has 1 N–H and O–H groups in total. The Kier molecular flexibility index (Phi) is 7.23. The number of nitrogens with one attached hydrogen (secondary N) is 1. The number of hydrogen-bond donors (Lipinski definition) is 1. The van der Waals surface area contributed by atoms with E-state index in [-0.39, 0.29) is 36.2 Å². The van der Waals surface area contributed by atoms with Crippen LogP contribution in [-0.2, 0) is 16.1 Å². The zero-order chi connectivity index (χ0) is 23.4. The number of benzene rings is 2. The summed E-state index contributed by atoms with van der Waals surface area (Å²) in [5, 5.41) is 3.56. The number of thioether (sulfide) groups is 1. The number of carbonyl (C=O) groups is 2. The van der Waals surface area contributed by atoms with E-state index < -0.39 is 0 Å². The molecule has 1 saturated heterocycles. The molecule has 0 spiro atoms. The molecule has 2 amide bonds. The number of imidazole rings is 1. The highest BCUT2D eigenvalue weighted by Crippen LogP contribution is 2.28. The van der Waals surface area contributed by atoms with E-state index >= 15 is 0 Å². The summed E-state index contributed by atoms with van der Waals surface area (Å²) in [5.41, 5.74) is 2.34. The summed E-state index contributed by atoms with van der Waals surface area (Å²) in [7, 11) is 1.57. The van der Waals surface area contributed by atoms with Gasteiger partial charge in [0.25, 0.3) is 0 Å². The molecule has 33 heavy (non-hydrogen) atoms. The van der Waals surface area contributed by atoms with Crippen LogP contribution in [0.25, 0.3) is 11.0 Å². The van der Waals surface area contributed by atoms with Crippen LogP contribution in [0.3, 0.4) is 0 Å². The lowest BCUT2D eigenvalue weighted by Gasteiger charge is -2.39. The van der Waals surface area contributed by atoms with E-state index in [1.165, 1.54) is 11.8 Å². The van der Waals surface area contributed by atoms with Gasteiger partial charge in [0.2, 0.25) is 11.8 Å². The molecular weight excluding hydrogens is 436 g/mol. The van der Waals surface area contributed by atoms with E-state index in [9.17, 15) is 9.59 Å². The van der Waals surface area contributed by atoms with Gasteiger partial charge in [-0.2, -0.15) is 0 Å². The number of amides is 2. The molecule has 174 valence electrons. The largest absolute Gasteiger partial charge is 0.495 e. The number of ether oxygens (including phenoxy) is 1. The summed E-state index contributed by atoms with van der Waals surface area (Å²) in [5.74, 6) is 0.718. The van der Waals surface area contributed by atoms with E-state index in [0.717, 1.165) is 30.3 Å². The fraction of sp³-hybridized carbons (Fsp3) is 0.400. The normalized spacial score (nSPS) is 18.3. The molecule has 1 aromatic heterocycles. The number of para-hydroxylation sites is 4. The molecular formula is C25H30N4O3S. The third-order valence-corrected chi connectivity index (χ3v) is 7.08. The topological polar surface area (TPSA) is 76.5 Å². The molecule has 2 heterocycles. The summed E-state index contributed by atoms with van der Waals surface area (Å²) < 4.78 is 7.24. The molecule has 0 saturated carbocycles. The number of fused-ring (bicyclic) bond motifs is 1. The Morgan fingerprint density at radius 3 is 2.55 bits per heavy atom. The predicted molar refractivity (Wildman–Crippen MR) is 132 cm³/mol. The maximum absolute atomic E-state index is 13.3. The third-order valence-electron chi connectivity index (χ3n) is 6.11. The number of rotatable bonds is 7. The number of anilines is 1. The van der Waals surface area contributed by atoms with Gasteiger partial charge < -0.3 is 19.5 Å². The van der Waals surface area contributed by atoms with Crippen LogP contribution in [-0.4, -0.2) is 51.2 Å². The highest BCUT2D eigenvalue weighted by atomic mass is 32.2. The minimum atomic E-state index is -0.160. The molecule has 2 unspecified atom stereocenters. The van der Waals surface area contributed by atoms with E-state index in [4.69, 9.17) is 9.72 Å². The number of methoxy groups -OCH3 is 1. The second-order valence-corrected chi connectivity index (χ2v) is 9.38. The predicted octanol–water partition coefficient (Wildman–Crippen LogP) is 4.57. The molecule has 1 aliphatic heterocycles. The first-order chi connectivity index (χ1) is 16.0. The summed E-state index contributed by atoms with van der Waals surface area (Å²) in [6.45, 7) is 4.46. The maximum Gasteiger partial charge on any atom is 0.243 e. The molecule has 0 bridgehead atoms. The van der Waals surface area contributed by atoms with Crippen LogP contribution in [0.1, 0.15) is 33.1 Å². The van der Waals surface area contributed by atoms with Crippen molar-refractivity contribution in [3.63, 3.8) is 0 Å². The van der Waals surface area contributed by atoms with E-state index in [1.807, 2.05) is 45.9 Å². The summed E-state index contributed by atoms with van der Waals surface area (Å²) in [6.07, 6.45) is 3.22. The fourth-order valence-corrected chi connectivity index (χ4v) is 5.32. The number of nitrogens with zero attached hydrogens (tertiary/aromatic N) is 3. The Morgan fingerprint density at radius 1 is 1.09 bits per heavy atom. The molecule has 7 nitrogen and oxygen atoms in total. The van der Waals surface area contributed by atoms with Crippen molar-refractivity contribution in [2.75, 3.05) is 18.2 Å². The van der Waals surface area contributed by atoms with Gasteiger partial charge in [0.15, 0.2) is 5.16 Å². The number of carbonyl (C=O) groups excluding carboxylic acids is 2. The SMILES string of the molecule is COc1ccccc1NC(=O)CSc1nc2ccccc2n1CC(=O)N1C(C)CCCC1C. The standard InChI is InChI=1S/C25H30N4O3S/c1-17-9-8-10-18(2)29(17)24(31)15-28-21-13-6-4-11-19(21)27-25(28)33-16-23(30)26-20-12-5-7-14-22(20)32-3/h4-7,11-14,17-18H,8-10,15-16H2,1-3H3,(H,26,30). The van der Waals surface area contributed by atoms with Crippen LogP contribution in [0.2, 0.25) is 0 Å². The van der Waals surface area contributed by atoms with Gasteiger partial charge >= 0.3 is 0 Å². The zero-order valence-electron chi connectivity index (χ0n) is 19.3. The Labute approximate surface area is 198 Å². The lowest BCUT2D eigenvalue weighted by molar-refractivity contribution is -0.138. The van der Waals surface area contributed by atoms with Gasteiger partial charge in [-0.05, 0) is 57.4 Å². The summed E-state index contributed by atoms with van der Waals surface area (Å²) >= 11 is 1.33. The van der Waals surface area contributed by atoms with E-state index in [2.05, 4.69) is 19.2 Å². The van der Waals surface area contributed by atoms with Crippen molar-refractivity contribution in [1.82, 2.24) is 14.5 Å². The van der Waals surface area contributed by atoms with Crippen LogP contribution >= 0.6 is 11.8 Å². The van der Waals surface area contributed by atoms with Gasteiger partial charge in [-0.3, -0.25) is 9.59 Å². The number of hydrogen-bond acceptors (Lipinski definition) is 5. The average Bonchev–Trinajstić information content (AvgIpc) is 3.15. The quantitative estimate of drug-likeness (QED) is 0.517. The van der Waals surface area contributed by atoms with Gasteiger partial charge in [0.1, 0.15) is 12.3 Å². The van der Waals surface area contributed by atoms with Crippen molar-refractivity contribution in [3.05, 3.63) is 48.5 Å². The lowest BCUT2D eigenvalue weighted by Crippen LogP contribution is -2.48. The Morgan fingerprint density at radius 2 is 1.79 bits per heavy atom. The van der Waals surface area contributed by atoms with Crippen molar-refractivity contribution in [1.29, 1.82) is 0 Å². The molecule has 1 fully saturated rings. The van der Waals surface area contributed by atoms with Crippen molar-refractivity contribution in [2.24, 2.45) is 0 Å². The summed E-state index contributed by atoms with van der Waals surface area (Å²) in [4.78, 5) is 32.7. The van der Waals surface area contributed by atoms with Crippen LogP contribution in [0, 0.1) is 0 Å². The summed E-state index contributed by atoms with van der Waals surface area (Å²) in [6, 6.07) is 15.5. The molecule has 3 aromatic rings. The molecule has 0 radical (unpaired) electrons. The van der Waals surface area contributed by atoms with E-state index in [0.29, 0.717) is 16.6 Å². The number of aromatic nitrogens is 2. The number of likely N-dealkylation sites (tertiary alicyclic amines) is 1.